The lowest BCUT2D eigenvalue weighted by Crippen LogP contribution is -2.62. The number of hydrogen-bond acceptors (Lipinski definition) is 1. The molecule has 2 aliphatic rings. The van der Waals surface area contributed by atoms with E-state index in [2.05, 4.69) is 46.6 Å². The Balaban J connectivity index is 1.90. The van der Waals surface area contributed by atoms with Crippen molar-refractivity contribution in [3.63, 3.8) is 0 Å². The molecule has 0 saturated carbocycles. The molecule has 0 aromatic carbocycles. The third kappa shape index (κ3) is 4.01. The molecule has 2 fully saturated rings. The van der Waals surface area contributed by atoms with E-state index in [0.717, 1.165) is 5.92 Å². The van der Waals surface area contributed by atoms with Crippen LogP contribution in [0, 0.1) is 5.92 Å². The highest BCUT2D eigenvalue weighted by Gasteiger charge is 2.42. The minimum atomic E-state index is 0.353. The van der Waals surface area contributed by atoms with Crippen LogP contribution >= 0.6 is 0 Å². The van der Waals surface area contributed by atoms with Gasteiger partial charge in [-0.25, -0.2) is 0 Å². The van der Waals surface area contributed by atoms with Crippen molar-refractivity contribution in [2.75, 3.05) is 33.2 Å². The molecule has 0 spiro atoms. The Bertz CT molecular complexity index is 326. The monoisotopic (exact) mass is 295 g/mol. The Labute approximate surface area is 133 Å². The SMILES string of the molecule is CC(C)(C)N1CCC(CC(C)(C)[N+]2(C)CCCCC2)CC1. The van der Waals surface area contributed by atoms with Gasteiger partial charge in [-0.2, -0.15) is 0 Å². The Morgan fingerprint density at radius 3 is 1.90 bits per heavy atom. The average Bonchev–Trinajstić information content (AvgIpc) is 2.38. The van der Waals surface area contributed by atoms with E-state index in [0.29, 0.717) is 11.1 Å². The summed E-state index contributed by atoms with van der Waals surface area (Å²) < 4.78 is 1.31. The zero-order valence-electron chi connectivity index (χ0n) is 15.5. The molecule has 2 nitrogen and oxygen atoms in total. The number of nitrogens with zero attached hydrogens (tertiary/aromatic N) is 2. The molecular weight excluding hydrogens is 256 g/mol. The van der Waals surface area contributed by atoms with Crippen molar-refractivity contribution in [3.8, 4) is 0 Å². The molecule has 0 amide bonds. The van der Waals surface area contributed by atoms with Crippen molar-refractivity contribution < 1.29 is 4.48 Å². The predicted molar refractivity (Wildman–Crippen MR) is 92.5 cm³/mol. The van der Waals surface area contributed by atoms with Crippen LogP contribution in [0.25, 0.3) is 0 Å². The normalized spacial score (nSPS) is 26.0. The maximum Gasteiger partial charge on any atom is 0.0936 e. The number of likely N-dealkylation sites (tertiary alicyclic amines) is 2. The lowest BCUT2D eigenvalue weighted by Gasteiger charge is -2.52. The third-order valence-electron chi connectivity index (χ3n) is 6.62. The smallest absolute Gasteiger partial charge is 0.0936 e. The molecule has 0 bridgehead atoms. The molecule has 0 aromatic rings. The predicted octanol–water partition coefficient (Wildman–Crippen LogP) is 4.30. The number of hydrogen-bond donors (Lipinski definition) is 0. The summed E-state index contributed by atoms with van der Waals surface area (Å²) in [5, 5.41) is 0. The minimum absolute atomic E-state index is 0.353. The number of quaternary nitrogens is 1. The van der Waals surface area contributed by atoms with Gasteiger partial charge >= 0.3 is 0 Å². The maximum absolute atomic E-state index is 2.67. The fourth-order valence-corrected chi connectivity index (χ4v) is 4.55. The van der Waals surface area contributed by atoms with Gasteiger partial charge in [0.1, 0.15) is 0 Å². The van der Waals surface area contributed by atoms with Crippen LogP contribution in [-0.4, -0.2) is 53.7 Å². The molecule has 0 aliphatic carbocycles. The minimum Gasteiger partial charge on any atom is -0.322 e. The first-order valence-electron chi connectivity index (χ1n) is 9.24. The third-order valence-corrected chi connectivity index (χ3v) is 6.62. The molecule has 0 aromatic heterocycles. The molecule has 0 N–H and O–H groups in total. The highest BCUT2D eigenvalue weighted by atomic mass is 15.4. The molecule has 0 unspecified atom stereocenters. The van der Waals surface area contributed by atoms with Crippen LogP contribution in [0.3, 0.4) is 0 Å². The summed E-state index contributed by atoms with van der Waals surface area (Å²) in [6, 6.07) is 0. The summed E-state index contributed by atoms with van der Waals surface area (Å²) in [6.07, 6.45) is 8.54. The van der Waals surface area contributed by atoms with Gasteiger partial charge in [-0.15, -0.1) is 0 Å². The largest absolute Gasteiger partial charge is 0.322 e. The maximum atomic E-state index is 2.67. The Hall–Kier alpha value is -0.0800. The van der Waals surface area contributed by atoms with E-state index in [1.165, 1.54) is 69.2 Å². The average molecular weight is 296 g/mol. The van der Waals surface area contributed by atoms with E-state index >= 15 is 0 Å². The molecule has 2 aliphatic heterocycles. The number of piperidine rings is 2. The Morgan fingerprint density at radius 2 is 1.43 bits per heavy atom. The standard InChI is InChI=1S/C19H39N2/c1-18(2,3)20-12-10-17(11-13-20)16-19(4,5)21(6)14-8-7-9-15-21/h17H,7-16H2,1-6H3/q+1. The first-order chi connectivity index (χ1) is 9.64. The summed E-state index contributed by atoms with van der Waals surface area (Å²) in [5.41, 5.74) is 0.806. The zero-order valence-corrected chi connectivity index (χ0v) is 15.5. The molecule has 2 saturated heterocycles. The zero-order chi connectivity index (χ0) is 15.7. The van der Waals surface area contributed by atoms with Gasteiger partial charge in [-0.1, -0.05) is 0 Å². The van der Waals surface area contributed by atoms with Crippen molar-refractivity contribution in [1.29, 1.82) is 0 Å². The molecule has 0 radical (unpaired) electrons. The van der Waals surface area contributed by atoms with Crippen LogP contribution < -0.4 is 0 Å². The lowest BCUT2D eigenvalue weighted by atomic mass is 9.80. The van der Waals surface area contributed by atoms with E-state index in [4.69, 9.17) is 0 Å². The fraction of sp³-hybridized carbons (Fsp3) is 1.00. The van der Waals surface area contributed by atoms with Crippen molar-refractivity contribution in [2.24, 2.45) is 5.92 Å². The van der Waals surface area contributed by atoms with Crippen LogP contribution in [-0.2, 0) is 0 Å². The van der Waals surface area contributed by atoms with Gasteiger partial charge in [-0.05, 0) is 85.7 Å². The summed E-state index contributed by atoms with van der Waals surface area (Å²) in [6.45, 7) is 17.5. The van der Waals surface area contributed by atoms with Gasteiger partial charge in [-0.3, -0.25) is 4.90 Å². The van der Waals surface area contributed by atoms with Gasteiger partial charge in [0.05, 0.1) is 25.7 Å². The molecule has 124 valence electrons. The fourth-order valence-electron chi connectivity index (χ4n) is 4.55. The number of rotatable bonds is 3. The summed E-state index contributed by atoms with van der Waals surface area (Å²) in [7, 11) is 2.52. The van der Waals surface area contributed by atoms with Gasteiger partial charge in [0.2, 0.25) is 0 Å². The molecule has 2 heterocycles. The first-order valence-corrected chi connectivity index (χ1v) is 9.24. The van der Waals surface area contributed by atoms with E-state index < -0.39 is 0 Å². The van der Waals surface area contributed by atoms with E-state index in [1.807, 2.05) is 0 Å². The molecule has 2 heteroatoms. The van der Waals surface area contributed by atoms with Crippen LogP contribution in [0.2, 0.25) is 0 Å². The van der Waals surface area contributed by atoms with E-state index in [9.17, 15) is 0 Å². The molecule has 21 heavy (non-hydrogen) atoms. The summed E-state index contributed by atoms with van der Waals surface area (Å²) in [5.74, 6) is 0.940. The highest BCUT2D eigenvalue weighted by Crippen LogP contribution is 2.36. The van der Waals surface area contributed by atoms with Gasteiger partial charge in [0.25, 0.3) is 0 Å². The topological polar surface area (TPSA) is 3.24 Å². The summed E-state index contributed by atoms with van der Waals surface area (Å²) >= 11 is 0. The van der Waals surface area contributed by atoms with Crippen molar-refractivity contribution >= 4 is 0 Å². The van der Waals surface area contributed by atoms with Crippen molar-refractivity contribution in [2.45, 2.75) is 84.2 Å². The van der Waals surface area contributed by atoms with Crippen LogP contribution in [0.15, 0.2) is 0 Å². The Kier molecular flexibility index (Phi) is 5.10. The van der Waals surface area contributed by atoms with Gasteiger partial charge in [0, 0.05) is 12.0 Å². The second-order valence-electron chi connectivity index (χ2n) is 9.52. The van der Waals surface area contributed by atoms with Gasteiger partial charge < -0.3 is 4.48 Å². The first kappa shape index (κ1) is 17.3. The Morgan fingerprint density at radius 1 is 0.905 bits per heavy atom. The van der Waals surface area contributed by atoms with Gasteiger partial charge in [0.15, 0.2) is 0 Å². The van der Waals surface area contributed by atoms with E-state index in [1.54, 1.807) is 0 Å². The van der Waals surface area contributed by atoms with E-state index in [-0.39, 0.29) is 0 Å². The second kappa shape index (κ2) is 6.20. The highest BCUT2D eigenvalue weighted by molar-refractivity contribution is 4.85. The lowest BCUT2D eigenvalue weighted by molar-refractivity contribution is -0.960. The van der Waals surface area contributed by atoms with Crippen LogP contribution in [0.4, 0.5) is 0 Å². The van der Waals surface area contributed by atoms with Crippen LogP contribution in [0.5, 0.6) is 0 Å². The van der Waals surface area contributed by atoms with Crippen LogP contribution in [0.1, 0.15) is 73.1 Å². The second-order valence-corrected chi connectivity index (χ2v) is 9.52. The van der Waals surface area contributed by atoms with Crippen molar-refractivity contribution in [1.82, 2.24) is 4.90 Å². The quantitative estimate of drug-likeness (QED) is 0.702. The molecular formula is C19H39N2+. The van der Waals surface area contributed by atoms with Crippen molar-refractivity contribution in [3.05, 3.63) is 0 Å². The molecule has 2 rings (SSSR count). The molecule has 0 atom stereocenters. The summed E-state index contributed by atoms with van der Waals surface area (Å²) in [4.78, 5) is 2.67.